The third kappa shape index (κ3) is 4.52. The molecule has 2 heterocycles. The summed E-state index contributed by atoms with van der Waals surface area (Å²) in [5.41, 5.74) is 3.91. The van der Waals surface area contributed by atoms with E-state index in [1.165, 1.54) is 4.90 Å². The molecule has 1 N–H and O–H groups in total. The summed E-state index contributed by atoms with van der Waals surface area (Å²) in [5.74, 6) is 1.18. The Labute approximate surface area is 187 Å². The lowest BCUT2D eigenvalue weighted by Gasteiger charge is -2.33. The second-order valence-corrected chi connectivity index (χ2v) is 8.52. The van der Waals surface area contributed by atoms with E-state index in [0.29, 0.717) is 29.6 Å². The van der Waals surface area contributed by atoms with Gasteiger partial charge in [-0.25, -0.2) is 14.8 Å². The first-order chi connectivity index (χ1) is 15.5. The minimum Gasteiger partial charge on any atom is -0.481 e. The number of amides is 1. The third-order valence-corrected chi connectivity index (χ3v) is 6.33. The number of anilines is 1. The maximum Gasteiger partial charge on any atom is 0.411 e. The maximum atomic E-state index is 12.1. The van der Waals surface area contributed by atoms with Gasteiger partial charge in [0, 0.05) is 19.2 Å². The van der Waals surface area contributed by atoms with Gasteiger partial charge in [0.2, 0.25) is 5.88 Å². The fourth-order valence-electron chi connectivity index (χ4n) is 4.74. The summed E-state index contributed by atoms with van der Waals surface area (Å²) in [4.78, 5) is 22.1. The second kappa shape index (κ2) is 9.27. The van der Waals surface area contributed by atoms with Crippen LogP contribution in [0.2, 0.25) is 0 Å². The first-order valence-electron chi connectivity index (χ1n) is 10.8. The highest BCUT2D eigenvalue weighted by molar-refractivity contribution is 5.87. The number of aryl methyl sites for hydroxylation is 1. The Morgan fingerprint density at radius 2 is 2.12 bits per heavy atom. The Balaban J connectivity index is 1.48. The van der Waals surface area contributed by atoms with E-state index in [1.54, 1.807) is 25.4 Å². The number of benzene rings is 1. The highest BCUT2D eigenvalue weighted by atomic mass is 16.5. The van der Waals surface area contributed by atoms with E-state index in [1.807, 2.05) is 25.4 Å². The molecular weight excluding hydrogens is 406 g/mol. The molecular formula is C24H27N5O3. The van der Waals surface area contributed by atoms with E-state index in [9.17, 15) is 15.2 Å². The number of pyridine rings is 1. The molecule has 8 nitrogen and oxygen atoms in total. The van der Waals surface area contributed by atoms with E-state index >= 15 is 0 Å². The van der Waals surface area contributed by atoms with Crippen LogP contribution in [-0.4, -0.2) is 39.4 Å². The lowest BCUT2D eigenvalue weighted by Crippen LogP contribution is -2.37. The first kappa shape index (κ1) is 21.6. The van der Waals surface area contributed by atoms with Crippen LogP contribution >= 0.6 is 0 Å². The fraction of sp³-hybridized carbons (Fsp3) is 0.417. The topological polar surface area (TPSA) is 104 Å². The number of fused-ring (bicyclic) bond motifs is 1. The molecule has 1 aromatic carbocycles. The van der Waals surface area contributed by atoms with Gasteiger partial charge in [0.25, 0.3) is 0 Å². The van der Waals surface area contributed by atoms with Gasteiger partial charge in [0.15, 0.2) is 0 Å². The van der Waals surface area contributed by atoms with E-state index in [4.69, 9.17) is 4.74 Å². The normalized spacial score (nSPS) is 18.3. The summed E-state index contributed by atoms with van der Waals surface area (Å²) in [5, 5.41) is 19.1. The minimum absolute atomic E-state index is 0.274. The summed E-state index contributed by atoms with van der Waals surface area (Å²) >= 11 is 0. The molecule has 32 heavy (non-hydrogen) atoms. The molecule has 166 valence electrons. The molecule has 2 aromatic heterocycles. The van der Waals surface area contributed by atoms with Crippen LogP contribution in [0.1, 0.15) is 36.8 Å². The molecule has 1 unspecified atom stereocenters. The molecule has 3 aromatic rings. The number of methoxy groups -OCH3 is 1. The van der Waals surface area contributed by atoms with Gasteiger partial charge in [-0.2, -0.15) is 5.26 Å². The van der Waals surface area contributed by atoms with Gasteiger partial charge in [-0.15, -0.1) is 0 Å². The van der Waals surface area contributed by atoms with E-state index < -0.39 is 6.09 Å². The molecule has 0 bridgehead atoms. The highest BCUT2D eigenvalue weighted by Gasteiger charge is 2.27. The zero-order valence-corrected chi connectivity index (χ0v) is 18.4. The van der Waals surface area contributed by atoms with Crippen molar-refractivity contribution in [2.45, 2.75) is 39.2 Å². The van der Waals surface area contributed by atoms with Crippen LogP contribution < -0.4 is 9.64 Å². The van der Waals surface area contributed by atoms with Crippen molar-refractivity contribution in [2.24, 2.45) is 11.8 Å². The van der Waals surface area contributed by atoms with Crippen molar-refractivity contribution in [3.05, 3.63) is 47.9 Å². The number of carbonyl (C=O) groups is 1. The number of carboxylic acid groups (broad SMARTS) is 1. The van der Waals surface area contributed by atoms with Crippen molar-refractivity contribution in [3.63, 3.8) is 0 Å². The third-order valence-electron chi connectivity index (χ3n) is 6.33. The van der Waals surface area contributed by atoms with E-state index in [2.05, 4.69) is 20.6 Å². The molecule has 0 aliphatic heterocycles. The lowest BCUT2D eigenvalue weighted by atomic mass is 9.81. The average molecular weight is 434 g/mol. The molecule has 2 atom stereocenters. The number of nitrogens with zero attached hydrogens (tertiary/aromatic N) is 5. The average Bonchev–Trinajstić information content (AvgIpc) is 3.19. The molecule has 1 fully saturated rings. The molecule has 4 rings (SSSR count). The zero-order chi connectivity index (χ0) is 22.7. The van der Waals surface area contributed by atoms with Gasteiger partial charge in [-0.3, -0.25) is 4.90 Å². The van der Waals surface area contributed by atoms with Crippen LogP contribution in [0.4, 0.5) is 10.5 Å². The van der Waals surface area contributed by atoms with Gasteiger partial charge < -0.3 is 14.4 Å². The van der Waals surface area contributed by atoms with Crippen molar-refractivity contribution in [3.8, 4) is 11.9 Å². The highest BCUT2D eigenvalue weighted by Crippen LogP contribution is 2.33. The van der Waals surface area contributed by atoms with Crippen molar-refractivity contribution in [1.29, 1.82) is 5.26 Å². The Morgan fingerprint density at radius 1 is 1.31 bits per heavy atom. The maximum absolute atomic E-state index is 12.1. The van der Waals surface area contributed by atoms with Crippen molar-refractivity contribution >= 4 is 22.8 Å². The monoisotopic (exact) mass is 433 g/mol. The van der Waals surface area contributed by atoms with Gasteiger partial charge in [0.1, 0.15) is 0 Å². The lowest BCUT2D eigenvalue weighted by molar-refractivity contribution is 0.195. The quantitative estimate of drug-likeness (QED) is 0.609. The van der Waals surface area contributed by atoms with Crippen LogP contribution in [0.3, 0.4) is 0 Å². The molecule has 0 radical (unpaired) electrons. The van der Waals surface area contributed by atoms with Crippen molar-refractivity contribution in [2.75, 3.05) is 18.6 Å². The first-order valence-corrected chi connectivity index (χ1v) is 10.8. The van der Waals surface area contributed by atoms with Crippen molar-refractivity contribution < 1.29 is 14.6 Å². The Morgan fingerprint density at radius 3 is 2.84 bits per heavy atom. The van der Waals surface area contributed by atoms with E-state index in [0.717, 1.165) is 48.8 Å². The number of rotatable bonds is 6. The molecule has 1 saturated carbocycles. The van der Waals surface area contributed by atoms with Gasteiger partial charge in [-0.1, -0.05) is 6.42 Å². The number of nitriles is 1. The molecule has 1 aliphatic carbocycles. The summed E-state index contributed by atoms with van der Waals surface area (Å²) < 4.78 is 7.27. The van der Waals surface area contributed by atoms with Crippen LogP contribution in [0.15, 0.2) is 36.8 Å². The molecule has 1 amide bonds. The van der Waals surface area contributed by atoms with E-state index in [-0.39, 0.29) is 5.92 Å². The summed E-state index contributed by atoms with van der Waals surface area (Å²) in [6, 6.07) is 9.50. The number of imidazole rings is 1. The standard InChI is InChI=1S/C24H27N5O3/c1-16-8-23(32-2)26-12-22(16)29(24(30)31)14-19-5-3-4-18(9-19)13-28-15-27-20-7-6-17(11-25)10-21(20)28/h6-8,10,12,15,18-19H,3-5,9,13-14H2,1-2H3,(H,30,31)/t18-,19?/m0/s1. The summed E-state index contributed by atoms with van der Waals surface area (Å²) in [6.07, 6.45) is 6.57. The fourth-order valence-corrected chi connectivity index (χ4v) is 4.74. The second-order valence-electron chi connectivity index (χ2n) is 8.52. The molecule has 0 spiro atoms. The molecule has 1 aliphatic rings. The van der Waals surface area contributed by atoms with Crippen LogP contribution in [-0.2, 0) is 6.54 Å². The minimum atomic E-state index is -0.966. The smallest absolute Gasteiger partial charge is 0.411 e. The molecule has 8 heteroatoms. The van der Waals surface area contributed by atoms with Crippen LogP contribution in [0.5, 0.6) is 5.88 Å². The van der Waals surface area contributed by atoms with Gasteiger partial charge in [0.05, 0.1) is 48.0 Å². The number of aromatic nitrogens is 3. The Kier molecular flexibility index (Phi) is 6.26. The Bertz CT molecular complexity index is 1170. The largest absolute Gasteiger partial charge is 0.481 e. The number of hydrogen-bond donors (Lipinski definition) is 1. The number of ether oxygens (including phenoxy) is 1. The Hall–Kier alpha value is -3.60. The molecule has 0 saturated heterocycles. The van der Waals surface area contributed by atoms with Crippen LogP contribution in [0, 0.1) is 30.1 Å². The van der Waals surface area contributed by atoms with Crippen LogP contribution in [0.25, 0.3) is 11.0 Å². The summed E-state index contributed by atoms with van der Waals surface area (Å²) in [6.45, 7) is 3.14. The van der Waals surface area contributed by atoms with Gasteiger partial charge >= 0.3 is 6.09 Å². The predicted octanol–water partition coefficient (Wildman–Crippen LogP) is 4.61. The number of hydrogen-bond acceptors (Lipinski definition) is 5. The predicted molar refractivity (Wildman–Crippen MR) is 121 cm³/mol. The van der Waals surface area contributed by atoms with Crippen molar-refractivity contribution in [1.82, 2.24) is 14.5 Å². The SMILES string of the molecule is COc1cc(C)c(N(CC2CCC[C@H](Cn3cnc4ccc(C#N)cc43)C2)C(=O)O)cn1. The zero-order valence-electron chi connectivity index (χ0n) is 18.4. The van der Waals surface area contributed by atoms with Gasteiger partial charge in [-0.05, 0) is 61.8 Å². The summed E-state index contributed by atoms with van der Waals surface area (Å²) in [7, 11) is 1.54.